The van der Waals surface area contributed by atoms with E-state index in [2.05, 4.69) is 22.3 Å². The lowest BCUT2D eigenvalue weighted by molar-refractivity contribution is -0.137. The van der Waals surface area contributed by atoms with Crippen molar-refractivity contribution in [3.05, 3.63) is 77.1 Å². The van der Waals surface area contributed by atoms with E-state index < -0.39 is 49.2 Å². The number of halogens is 1. The van der Waals surface area contributed by atoms with Gasteiger partial charge in [-0.2, -0.15) is 5.26 Å². The van der Waals surface area contributed by atoms with Gasteiger partial charge in [0.2, 0.25) is 0 Å². The van der Waals surface area contributed by atoms with Crippen LogP contribution < -0.4 is 23.9 Å². The van der Waals surface area contributed by atoms with Crippen molar-refractivity contribution in [2.75, 3.05) is 71.4 Å². The van der Waals surface area contributed by atoms with Crippen LogP contribution in [0.3, 0.4) is 0 Å². The van der Waals surface area contributed by atoms with E-state index in [0.29, 0.717) is 42.3 Å². The fourth-order valence-corrected chi connectivity index (χ4v) is 8.86. The first-order chi connectivity index (χ1) is 24.5. The van der Waals surface area contributed by atoms with Gasteiger partial charge in [-0.15, -0.1) is 0 Å². The summed E-state index contributed by atoms with van der Waals surface area (Å²) in [7, 11) is -0.122. The number of amides is 2. The maximum absolute atomic E-state index is 15.5. The van der Waals surface area contributed by atoms with E-state index in [1.807, 2.05) is 0 Å². The number of hydrogen-bond acceptors (Lipinski definition) is 11. The van der Waals surface area contributed by atoms with Gasteiger partial charge in [0.1, 0.15) is 34.0 Å². The van der Waals surface area contributed by atoms with Crippen LogP contribution in [-0.4, -0.2) is 108 Å². The number of hydrogen-bond donors (Lipinski definition) is 1. The first-order valence-corrected chi connectivity index (χ1v) is 18.2. The summed E-state index contributed by atoms with van der Waals surface area (Å²) in [5.74, 6) is -2.84. The lowest BCUT2D eigenvalue weighted by Crippen LogP contribution is -2.61. The third kappa shape index (κ3) is 6.26. The number of piperidine rings is 1. The molecule has 1 atom stereocenters. The number of fused-ring (bicyclic) bond motifs is 1. The number of likely N-dealkylation sites (tertiary alicyclic amines) is 1. The molecule has 2 saturated heterocycles. The summed E-state index contributed by atoms with van der Waals surface area (Å²) in [5, 5.41) is 11.6. The molecule has 3 aromatic carbocycles. The normalized spacial score (nSPS) is 20.5. The molecule has 3 heterocycles. The Labute approximate surface area is 297 Å². The highest BCUT2D eigenvalue weighted by molar-refractivity contribution is 7.93. The van der Waals surface area contributed by atoms with Gasteiger partial charge < -0.3 is 19.1 Å². The number of piperazine rings is 1. The molecule has 3 aliphatic rings. The molecule has 0 radical (unpaired) electrons. The average molecular weight is 721 g/mol. The number of anilines is 1. The van der Waals surface area contributed by atoms with Crippen LogP contribution in [0.5, 0.6) is 17.2 Å². The van der Waals surface area contributed by atoms with Crippen molar-refractivity contribution in [1.82, 2.24) is 20.2 Å². The number of benzene rings is 3. The first kappa shape index (κ1) is 36.1. The molecule has 270 valence electrons. The van der Waals surface area contributed by atoms with Gasteiger partial charge in [-0.1, -0.05) is 18.2 Å². The van der Waals surface area contributed by atoms with Crippen molar-refractivity contribution in [2.24, 2.45) is 0 Å². The van der Waals surface area contributed by atoms with E-state index in [9.17, 15) is 18.5 Å². The molecule has 1 N–H and O–H groups in total. The summed E-state index contributed by atoms with van der Waals surface area (Å²) >= 11 is 0. The van der Waals surface area contributed by atoms with Crippen molar-refractivity contribution in [1.29, 1.82) is 5.26 Å². The zero-order valence-corrected chi connectivity index (χ0v) is 29.8. The highest BCUT2D eigenvalue weighted by atomic mass is 32.2. The van der Waals surface area contributed by atoms with Crippen LogP contribution in [0, 0.1) is 17.1 Å². The van der Waals surface area contributed by atoms with Gasteiger partial charge in [0.25, 0.3) is 21.8 Å². The largest absolute Gasteiger partial charge is 0.497 e. The third-order valence-corrected chi connectivity index (χ3v) is 11.7. The molecule has 0 aliphatic carbocycles. The van der Waals surface area contributed by atoms with Crippen molar-refractivity contribution < 1.29 is 36.6 Å². The Hall–Kier alpha value is -4.75. The molecule has 1 unspecified atom stereocenters. The predicted octanol–water partition coefficient (Wildman–Crippen LogP) is 2.88. The number of nitrogens with zero attached hydrogens (tertiary/aromatic N) is 5. The van der Waals surface area contributed by atoms with Crippen LogP contribution >= 0.6 is 0 Å². The molecule has 0 bridgehead atoms. The molecule has 0 spiro atoms. The Kier molecular flexibility index (Phi) is 10.2. The van der Waals surface area contributed by atoms with Crippen LogP contribution in [0.2, 0.25) is 0 Å². The predicted molar refractivity (Wildman–Crippen MR) is 186 cm³/mol. The summed E-state index contributed by atoms with van der Waals surface area (Å²) in [6.45, 7) is 6.14. The summed E-state index contributed by atoms with van der Waals surface area (Å²) in [6.07, 6.45) is 2.10. The molecule has 3 aliphatic heterocycles. The molecule has 0 aromatic heterocycles. The molecule has 0 saturated carbocycles. The first-order valence-electron chi connectivity index (χ1n) is 16.8. The molecule has 3 aromatic rings. The van der Waals surface area contributed by atoms with Gasteiger partial charge in [0, 0.05) is 55.5 Å². The Balaban J connectivity index is 1.48. The summed E-state index contributed by atoms with van der Waals surface area (Å²) < 4.78 is 61.7. The Morgan fingerprint density at radius 2 is 1.69 bits per heavy atom. The SMILES string of the molecule is CCOc1ccccc1C1(C(=O)NN2CCN(C3CCN(C)CC3)CC2)C(=O)N(S(=O)(=O)c2ccc(OC)cc2OC)c2cc(F)c(C#N)cc21. The van der Waals surface area contributed by atoms with Crippen LogP contribution in [-0.2, 0) is 25.0 Å². The maximum atomic E-state index is 15.5. The van der Waals surface area contributed by atoms with Gasteiger partial charge in [-0.05, 0) is 64.2 Å². The molecule has 15 heteroatoms. The van der Waals surface area contributed by atoms with Crippen molar-refractivity contribution in [2.45, 2.75) is 36.1 Å². The monoisotopic (exact) mass is 720 g/mol. The zero-order valence-electron chi connectivity index (χ0n) is 29.0. The van der Waals surface area contributed by atoms with E-state index in [1.165, 1.54) is 38.5 Å². The number of carbonyl (C=O) groups is 2. The quantitative estimate of drug-likeness (QED) is 0.309. The van der Waals surface area contributed by atoms with E-state index in [4.69, 9.17) is 14.2 Å². The molecule has 51 heavy (non-hydrogen) atoms. The molecule has 6 rings (SSSR count). The van der Waals surface area contributed by atoms with Gasteiger partial charge in [-0.3, -0.25) is 19.9 Å². The van der Waals surface area contributed by atoms with Crippen molar-refractivity contribution >= 4 is 27.5 Å². The van der Waals surface area contributed by atoms with E-state index >= 15 is 9.18 Å². The fourth-order valence-electron chi connectivity index (χ4n) is 7.26. The second-order valence-corrected chi connectivity index (χ2v) is 14.5. The molecule has 2 amide bonds. The van der Waals surface area contributed by atoms with E-state index in [-0.39, 0.29) is 29.2 Å². The highest BCUT2D eigenvalue weighted by Crippen LogP contribution is 2.52. The number of para-hydroxylation sites is 1. The average Bonchev–Trinajstić information content (AvgIpc) is 3.39. The highest BCUT2D eigenvalue weighted by Gasteiger charge is 2.62. The Bertz CT molecular complexity index is 1970. The number of ether oxygens (including phenoxy) is 3. The molecule has 13 nitrogen and oxygen atoms in total. The number of carbonyl (C=O) groups excluding carboxylic acids is 2. The van der Waals surface area contributed by atoms with Crippen molar-refractivity contribution in [3.63, 3.8) is 0 Å². The van der Waals surface area contributed by atoms with E-state index in [0.717, 1.165) is 38.1 Å². The van der Waals surface area contributed by atoms with Crippen LogP contribution in [0.4, 0.5) is 10.1 Å². The Morgan fingerprint density at radius 1 is 0.980 bits per heavy atom. The van der Waals surface area contributed by atoms with Gasteiger partial charge in [0.15, 0.2) is 5.41 Å². The molecule has 2 fully saturated rings. The number of rotatable bonds is 10. The topological polar surface area (TPSA) is 145 Å². The van der Waals surface area contributed by atoms with Crippen LogP contribution in [0.25, 0.3) is 0 Å². The third-order valence-electron chi connectivity index (χ3n) is 9.93. The number of methoxy groups -OCH3 is 2. The summed E-state index contributed by atoms with van der Waals surface area (Å²) in [4.78, 5) is 34.5. The second kappa shape index (κ2) is 14.5. The second-order valence-electron chi connectivity index (χ2n) is 12.7. The lowest BCUT2D eigenvalue weighted by atomic mass is 9.73. The number of nitriles is 1. The zero-order chi connectivity index (χ0) is 36.5. The van der Waals surface area contributed by atoms with E-state index in [1.54, 1.807) is 36.2 Å². The summed E-state index contributed by atoms with van der Waals surface area (Å²) in [5.41, 5.74) is -0.534. The number of sulfonamides is 1. The number of nitrogens with one attached hydrogen (secondary N) is 1. The smallest absolute Gasteiger partial charge is 0.274 e. The van der Waals surface area contributed by atoms with Gasteiger partial charge >= 0.3 is 0 Å². The minimum Gasteiger partial charge on any atom is -0.497 e. The van der Waals surface area contributed by atoms with Crippen LogP contribution in [0.15, 0.2) is 59.5 Å². The van der Waals surface area contributed by atoms with Gasteiger partial charge in [-0.25, -0.2) is 22.1 Å². The Morgan fingerprint density at radius 3 is 2.33 bits per heavy atom. The summed E-state index contributed by atoms with van der Waals surface area (Å²) in [6, 6.07) is 14.3. The molecular formula is C36H41FN6O7S. The maximum Gasteiger partial charge on any atom is 0.274 e. The minimum absolute atomic E-state index is 0.0375. The van der Waals surface area contributed by atoms with Crippen LogP contribution in [0.1, 0.15) is 36.5 Å². The molecular weight excluding hydrogens is 679 g/mol. The van der Waals surface area contributed by atoms with Crippen molar-refractivity contribution in [3.8, 4) is 23.3 Å². The minimum atomic E-state index is -4.89. The standard InChI is InChI=1S/C36H41FN6O7S/c1-5-50-31-9-7-6-8-27(31)36(34(44)39-42-18-16-41(17-19-42)25-12-14-40(2)15-13-25)28-20-24(23-38)29(37)22-30(28)43(35(36)45)51(46,47)33-11-10-26(48-3)21-32(33)49-4/h6-11,20-22,25H,5,12-19H2,1-4H3,(H,39,44). The number of hydrazine groups is 1. The van der Waals surface area contributed by atoms with Gasteiger partial charge in [0.05, 0.1) is 32.1 Å². The lowest BCUT2D eigenvalue weighted by Gasteiger charge is -2.42. The fraction of sp³-hybridized carbons (Fsp3) is 0.417.